The summed E-state index contributed by atoms with van der Waals surface area (Å²) in [7, 11) is -3.20. The quantitative estimate of drug-likeness (QED) is 0.704. The third kappa shape index (κ3) is 6.63. The SMILES string of the molecule is CCCCCCCCS(=O)(=O)Nc1nccs1. The molecule has 98 valence electrons. The van der Waals surface area contributed by atoms with Gasteiger partial charge in [0, 0.05) is 11.6 Å². The minimum absolute atomic E-state index is 0.193. The lowest BCUT2D eigenvalue weighted by Gasteiger charge is -2.04. The normalized spacial score (nSPS) is 11.6. The molecule has 0 aliphatic heterocycles. The molecule has 0 bridgehead atoms. The van der Waals surface area contributed by atoms with Gasteiger partial charge in [0.2, 0.25) is 10.0 Å². The summed E-state index contributed by atoms with van der Waals surface area (Å²) in [6.45, 7) is 2.17. The zero-order valence-corrected chi connectivity index (χ0v) is 11.8. The highest BCUT2D eigenvalue weighted by atomic mass is 32.2. The van der Waals surface area contributed by atoms with E-state index in [0.29, 0.717) is 5.13 Å². The first-order valence-electron chi connectivity index (χ1n) is 6.04. The molecule has 6 heteroatoms. The first-order valence-corrected chi connectivity index (χ1v) is 8.57. The fraction of sp³-hybridized carbons (Fsp3) is 0.727. The van der Waals surface area contributed by atoms with Crippen LogP contribution in [-0.2, 0) is 10.0 Å². The Kier molecular flexibility index (Phi) is 6.50. The van der Waals surface area contributed by atoms with Crippen LogP contribution in [0.15, 0.2) is 11.6 Å². The van der Waals surface area contributed by atoms with Crippen molar-refractivity contribution in [2.45, 2.75) is 45.4 Å². The van der Waals surface area contributed by atoms with Crippen LogP contribution in [0, 0.1) is 0 Å². The van der Waals surface area contributed by atoms with Crippen molar-refractivity contribution in [3.05, 3.63) is 11.6 Å². The van der Waals surface area contributed by atoms with Crippen LogP contribution in [0.5, 0.6) is 0 Å². The fourth-order valence-corrected chi connectivity index (χ4v) is 3.48. The standard InChI is InChI=1S/C11H20N2O2S2/c1-2-3-4-5-6-7-10-17(14,15)13-11-12-8-9-16-11/h8-9H,2-7,10H2,1H3,(H,12,13). The molecular weight excluding hydrogens is 256 g/mol. The number of nitrogens with one attached hydrogen (secondary N) is 1. The third-order valence-corrected chi connectivity index (χ3v) is 4.59. The second kappa shape index (κ2) is 7.66. The lowest BCUT2D eigenvalue weighted by Crippen LogP contribution is -2.16. The summed E-state index contributed by atoms with van der Waals surface area (Å²) < 4.78 is 25.8. The number of aromatic nitrogens is 1. The summed E-state index contributed by atoms with van der Waals surface area (Å²) in [6, 6.07) is 0. The molecule has 0 aliphatic carbocycles. The van der Waals surface area contributed by atoms with Crippen molar-refractivity contribution in [3.8, 4) is 0 Å². The summed E-state index contributed by atoms with van der Waals surface area (Å²) in [6.07, 6.45) is 8.08. The monoisotopic (exact) mass is 276 g/mol. The van der Waals surface area contributed by atoms with Crippen molar-refractivity contribution in [1.29, 1.82) is 0 Å². The van der Waals surface area contributed by atoms with Crippen LogP contribution in [0.4, 0.5) is 5.13 Å². The van der Waals surface area contributed by atoms with E-state index in [1.807, 2.05) is 0 Å². The van der Waals surface area contributed by atoms with Crippen molar-refractivity contribution >= 4 is 26.5 Å². The lowest BCUT2D eigenvalue weighted by atomic mass is 10.1. The topological polar surface area (TPSA) is 59.1 Å². The van der Waals surface area contributed by atoms with E-state index in [1.165, 1.54) is 30.6 Å². The minimum Gasteiger partial charge on any atom is -0.259 e. The number of hydrogen-bond acceptors (Lipinski definition) is 4. The van der Waals surface area contributed by atoms with E-state index in [1.54, 1.807) is 11.6 Å². The van der Waals surface area contributed by atoms with Gasteiger partial charge < -0.3 is 0 Å². The maximum absolute atomic E-state index is 11.6. The highest BCUT2D eigenvalue weighted by molar-refractivity contribution is 7.92. The summed E-state index contributed by atoms with van der Waals surface area (Å²) in [4.78, 5) is 3.90. The Morgan fingerprint density at radius 3 is 2.59 bits per heavy atom. The van der Waals surface area contributed by atoms with Crippen molar-refractivity contribution in [2.75, 3.05) is 10.5 Å². The van der Waals surface area contributed by atoms with Crippen molar-refractivity contribution in [1.82, 2.24) is 4.98 Å². The van der Waals surface area contributed by atoms with E-state index in [4.69, 9.17) is 0 Å². The highest BCUT2D eigenvalue weighted by Crippen LogP contribution is 2.13. The van der Waals surface area contributed by atoms with Crippen molar-refractivity contribution in [2.24, 2.45) is 0 Å². The van der Waals surface area contributed by atoms with E-state index >= 15 is 0 Å². The Bertz CT molecular complexity index is 388. The largest absolute Gasteiger partial charge is 0.259 e. The van der Waals surface area contributed by atoms with Gasteiger partial charge in [0.25, 0.3) is 0 Å². The molecule has 0 fully saturated rings. The molecule has 1 aromatic rings. The van der Waals surface area contributed by atoms with Gasteiger partial charge in [-0.3, -0.25) is 4.72 Å². The van der Waals surface area contributed by atoms with Gasteiger partial charge in [-0.25, -0.2) is 13.4 Å². The Labute approximate surface area is 108 Å². The predicted molar refractivity (Wildman–Crippen MR) is 72.9 cm³/mol. The van der Waals surface area contributed by atoms with E-state index in [0.717, 1.165) is 19.3 Å². The highest BCUT2D eigenvalue weighted by Gasteiger charge is 2.10. The first kappa shape index (κ1) is 14.4. The summed E-state index contributed by atoms with van der Waals surface area (Å²) in [5.41, 5.74) is 0. The number of anilines is 1. The van der Waals surface area contributed by atoms with Gasteiger partial charge in [0.1, 0.15) is 0 Å². The molecule has 1 heterocycles. The summed E-state index contributed by atoms with van der Waals surface area (Å²) in [5.74, 6) is 0.193. The van der Waals surface area contributed by atoms with Gasteiger partial charge in [-0.1, -0.05) is 39.0 Å². The van der Waals surface area contributed by atoms with E-state index in [9.17, 15) is 8.42 Å². The number of nitrogens with zero attached hydrogens (tertiary/aromatic N) is 1. The number of sulfonamides is 1. The van der Waals surface area contributed by atoms with Gasteiger partial charge in [0.15, 0.2) is 5.13 Å². The summed E-state index contributed by atoms with van der Waals surface area (Å²) >= 11 is 1.30. The van der Waals surface area contributed by atoms with Gasteiger partial charge >= 0.3 is 0 Å². The van der Waals surface area contributed by atoms with E-state index in [2.05, 4.69) is 16.6 Å². The van der Waals surface area contributed by atoms with E-state index < -0.39 is 10.0 Å². The van der Waals surface area contributed by atoms with Crippen molar-refractivity contribution in [3.63, 3.8) is 0 Å². The Morgan fingerprint density at radius 2 is 1.94 bits per heavy atom. The number of thiazole rings is 1. The van der Waals surface area contributed by atoms with Gasteiger partial charge in [-0.2, -0.15) is 0 Å². The molecule has 0 radical (unpaired) electrons. The zero-order valence-electron chi connectivity index (χ0n) is 10.2. The summed E-state index contributed by atoms with van der Waals surface area (Å²) in [5, 5.41) is 2.21. The molecule has 0 amide bonds. The van der Waals surface area contributed by atoms with Crippen LogP contribution < -0.4 is 4.72 Å². The smallest absolute Gasteiger partial charge is 0.234 e. The van der Waals surface area contributed by atoms with Crippen LogP contribution in [-0.4, -0.2) is 19.2 Å². The second-order valence-corrected chi connectivity index (χ2v) is 6.76. The lowest BCUT2D eigenvalue weighted by molar-refractivity contribution is 0.588. The maximum Gasteiger partial charge on any atom is 0.234 e. The first-order chi connectivity index (χ1) is 8.14. The van der Waals surface area contributed by atoms with Crippen LogP contribution >= 0.6 is 11.3 Å². The van der Waals surface area contributed by atoms with Gasteiger partial charge in [-0.05, 0) is 6.42 Å². The second-order valence-electron chi connectivity index (χ2n) is 4.03. The van der Waals surface area contributed by atoms with E-state index in [-0.39, 0.29) is 5.75 Å². The predicted octanol–water partition coefficient (Wildman–Crippen LogP) is 3.25. The molecule has 0 aliphatic rings. The van der Waals surface area contributed by atoms with Gasteiger partial charge in [-0.15, -0.1) is 11.3 Å². The Balaban J connectivity index is 2.17. The Morgan fingerprint density at radius 1 is 1.24 bits per heavy atom. The molecule has 0 unspecified atom stereocenters. The molecule has 17 heavy (non-hydrogen) atoms. The van der Waals surface area contributed by atoms with Crippen LogP contribution in [0.25, 0.3) is 0 Å². The third-order valence-electron chi connectivity index (χ3n) is 2.44. The molecule has 0 spiro atoms. The van der Waals surface area contributed by atoms with Crippen LogP contribution in [0.1, 0.15) is 45.4 Å². The fourth-order valence-electron chi connectivity index (χ4n) is 1.53. The molecular formula is C11H20N2O2S2. The number of unbranched alkanes of at least 4 members (excludes halogenated alkanes) is 5. The molecule has 1 aromatic heterocycles. The molecule has 1 rings (SSSR count). The maximum atomic E-state index is 11.6. The number of rotatable bonds is 9. The van der Waals surface area contributed by atoms with Crippen LogP contribution in [0.3, 0.4) is 0 Å². The zero-order chi connectivity index (χ0) is 12.6. The van der Waals surface area contributed by atoms with Gasteiger partial charge in [0.05, 0.1) is 5.75 Å². The Hall–Kier alpha value is -0.620. The number of hydrogen-bond donors (Lipinski definition) is 1. The molecule has 0 atom stereocenters. The molecule has 0 aromatic carbocycles. The molecule has 1 N–H and O–H groups in total. The molecule has 0 saturated carbocycles. The minimum atomic E-state index is -3.20. The molecule has 0 saturated heterocycles. The van der Waals surface area contributed by atoms with Crippen LogP contribution in [0.2, 0.25) is 0 Å². The molecule has 4 nitrogen and oxygen atoms in total. The van der Waals surface area contributed by atoms with Crippen molar-refractivity contribution < 1.29 is 8.42 Å². The average Bonchev–Trinajstić information content (AvgIpc) is 2.75. The average molecular weight is 276 g/mol.